The van der Waals surface area contributed by atoms with Crippen molar-refractivity contribution in [3.05, 3.63) is 63.2 Å². The Kier molecular flexibility index (Phi) is 3.98. The summed E-state index contributed by atoms with van der Waals surface area (Å²) in [4.78, 5) is 12.6. The number of halogens is 2. The van der Waals surface area contributed by atoms with Crippen LogP contribution >= 0.6 is 27.5 Å². The van der Waals surface area contributed by atoms with Crippen molar-refractivity contribution in [3.8, 4) is 0 Å². The monoisotopic (exact) mass is 376 g/mol. The van der Waals surface area contributed by atoms with Gasteiger partial charge in [0, 0.05) is 28.1 Å². The molecule has 112 valence electrons. The van der Waals surface area contributed by atoms with Crippen molar-refractivity contribution in [2.24, 2.45) is 7.05 Å². The number of hydrogen-bond donors (Lipinski definition) is 1. The lowest BCUT2D eigenvalue weighted by atomic mass is 10.2. The number of aryl methyl sites for hydroxylation is 2. The molecule has 1 aromatic heterocycles. The molecular weight excluding hydrogens is 364 g/mol. The van der Waals surface area contributed by atoms with Gasteiger partial charge in [-0.1, -0.05) is 45.7 Å². The molecule has 0 saturated heterocycles. The molecule has 3 rings (SSSR count). The summed E-state index contributed by atoms with van der Waals surface area (Å²) in [7, 11) is 1.84. The van der Waals surface area contributed by atoms with Gasteiger partial charge < -0.3 is 9.88 Å². The van der Waals surface area contributed by atoms with E-state index in [1.165, 1.54) is 0 Å². The first kappa shape index (κ1) is 15.1. The molecular formula is C17H14BrClN2O. The molecule has 1 heterocycles. The molecule has 0 bridgehead atoms. The number of nitrogens with zero attached hydrogens (tertiary/aromatic N) is 1. The fourth-order valence-electron chi connectivity index (χ4n) is 2.55. The maximum Gasteiger partial charge on any atom is 0.273 e. The van der Waals surface area contributed by atoms with E-state index in [-0.39, 0.29) is 5.91 Å². The van der Waals surface area contributed by atoms with E-state index < -0.39 is 0 Å². The number of hydrogen-bond acceptors (Lipinski definition) is 1. The summed E-state index contributed by atoms with van der Waals surface area (Å²) in [5.74, 6) is -0.214. The minimum Gasteiger partial charge on any atom is -0.338 e. The highest BCUT2D eigenvalue weighted by atomic mass is 79.9. The molecule has 3 nitrogen and oxygen atoms in total. The standard InChI is InChI=1S/C17H14BrClN2O/c1-10-9-11(18)7-8-13(10)20-17(22)16-15(19)12-5-3-4-6-14(12)21(16)2/h3-9H,1-2H3,(H,20,22). The van der Waals surface area contributed by atoms with Gasteiger partial charge in [0.2, 0.25) is 0 Å². The van der Waals surface area contributed by atoms with Gasteiger partial charge in [0.05, 0.1) is 5.02 Å². The quantitative estimate of drug-likeness (QED) is 0.658. The van der Waals surface area contributed by atoms with Crippen LogP contribution < -0.4 is 5.32 Å². The van der Waals surface area contributed by atoms with Crippen LogP contribution in [0, 0.1) is 6.92 Å². The molecule has 0 aliphatic carbocycles. The Labute approximate surface area is 142 Å². The van der Waals surface area contributed by atoms with Gasteiger partial charge >= 0.3 is 0 Å². The van der Waals surface area contributed by atoms with E-state index in [1.807, 2.05) is 61.0 Å². The van der Waals surface area contributed by atoms with Crippen LogP contribution in [0.1, 0.15) is 16.1 Å². The third-order valence-electron chi connectivity index (χ3n) is 3.70. The predicted molar refractivity (Wildman–Crippen MR) is 94.8 cm³/mol. The minimum absolute atomic E-state index is 0.214. The Balaban J connectivity index is 2.02. The number of para-hydroxylation sites is 1. The summed E-state index contributed by atoms with van der Waals surface area (Å²) in [5.41, 5.74) is 3.16. The second kappa shape index (κ2) is 5.78. The summed E-state index contributed by atoms with van der Waals surface area (Å²) in [6, 6.07) is 13.4. The van der Waals surface area contributed by atoms with Gasteiger partial charge in [0.15, 0.2) is 0 Å². The molecule has 1 N–H and O–H groups in total. The molecule has 0 fully saturated rings. The fourth-order valence-corrected chi connectivity index (χ4v) is 3.40. The van der Waals surface area contributed by atoms with Crippen LogP contribution in [0.25, 0.3) is 10.9 Å². The van der Waals surface area contributed by atoms with Gasteiger partial charge in [-0.3, -0.25) is 4.79 Å². The molecule has 0 unspecified atom stereocenters. The third-order valence-corrected chi connectivity index (χ3v) is 4.57. The molecule has 0 aliphatic rings. The molecule has 22 heavy (non-hydrogen) atoms. The average Bonchev–Trinajstić information content (AvgIpc) is 2.74. The molecule has 1 amide bonds. The summed E-state index contributed by atoms with van der Waals surface area (Å²) in [6.07, 6.45) is 0. The zero-order valence-electron chi connectivity index (χ0n) is 12.2. The Morgan fingerprint density at radius 2 is 1.95 bits per heavy atom. The maximum absolute atomic E-state index is 12.6. The number of anilines is 1. The van der Waals surface area contributed by atoms with Crippen molar-refractivity contribution in [2.75, 3.05) is 5.32 Å². The minimum atomic E-state index is -0.214. The maximum atomic E-state index is 12.6. The molecule has 3 aromatic rings. The van der Waals surface area contributed by atoms with Crippen LogP contribution in [-0.2, 0) is 7.05 Å². The zero-order chi connectivity index (χ0) is 15.9. The van der Waals surface area contributed by atoms with Gasteiger partial charge in [-0.15, -0.1) is 0 Å². The number of rotatable bonds is 2. The number of aromatic nitrogens is 1. The average molecular weight is 378 g/mol. The highest BCUT2D eigenvalue weighted by Crippen LogP contribution is 2.30. The second-order valence-electron chi connectivity index (χ2n) is 5.15. The van der Waals surface area contributed by atoms with Crippen molar-refractivity contribution >= 4 is 50.0 Å². The number of carbonyl (C=O) groups excluding carboxylic acids is 1. The van der Waals surface area contributed by atoms with Crippen LogP contribution in [0.2, 0.25) is 5.02 Å². The van der Waals surface area contributed by atoms with Gasteiger partial charge in [0.25, 0.3) is 5.91 Å². The molecule has 2 aromatic carbocycles. The topological polar surface area (TPSA) is 34.0 Å². The second-order valence-corrected chi connectivity index (χ2v) is 6.45. The SMILES string of the molecule is Cc1cc(Br)ccc1NC(=O)c1c(Cl)c2ccccc2n1C. The summed E-state index contributed by atoms with van der Waals surface area (Å²) < 4.78 is 2.80. The van der Waals surface area contributed by atoms with E-state index in [0.717, 1.165) is 26.6 Å². The summed E-state index contributed by atoms with van der Waals surface area (Å²) in [6.45, 7) is 1.95. The van der Waals surface area contributed by atoms with Gasteiger partial charge in [-0.05, 0) is 36.8 Å². The zero-order valence-corrected chi connectivity index (χ0v) is 14.5. The lowest BCUT2D eigenvalue weighted by Crippen LogP contribution is -2.16. The van der Waals surface area contributed by atoms with Crippen molar-refractivity contribution in [2.45, 2.75) is 6.92 Å². The van der Waals surface area contributed by atoms with Gasteiger partial charge in [-0.2, -0.15) is 0 Å². The van der Waals surface area contributed by atoms with Crippen molar-refractivity contribution in [1.82, 2.24) is 4.57 Å². The lowest BCUT2D eigenvalue weighted by molar-refractivity contribution is 0.102. The fraction of sp³-hybridized carbons (Fsp3) is 0.118. The molecule has 5 heteroatoms. The summed E-state index contributed by atoms with van der Waals surface area (Å²) >= 11 is 9.82. The van der Waals surface area contributed by atoms with E-state index in [9.17, 15) is 4.79 Å². The predicted octanol–water partition coefficient (Wildman–Crippen LogP) is 5.15. The molecule has 0 spiro atoms. The van der Waals surface area contributed by atoms with E-state index in [4.69, 9.17) is 11.6 Å². The Hall–Kier alpha value is -1.78. The normalized spacial score (nSPS) is 10.9. The lowest BCUT2D eigenvalue weighted by Gasteiger charge is -2.10. The van der Waals surface area contributed by atoms with Gasteiger partial charge in [0.1, 0.15) is 5.69 Å². The number of nitrogens with one attached hydrogen (secondary N) is 1. The van der Waals surface area contributed by atoms with Crippen LogP contribution in [-0.4, -0.2) is 10.5 Å². The van der Waals surface area contributed by atoms with Crippen LogP contribution in [0.15, 0.2) is 46.9 Å². The van der Waals surface area contributed by atoms with Crippen LogP contribution in [0.4, 0.5) is 5.69 Å². The van der Waals surface area contributed by atoms with Crippen LogP contribution in [0.3, 0.4) is 0 Å². The van der Waals surface area contributed by atoms with E-state index in [1.54, 1.807) is 0 Å². The Bertz CT molecular complexity index is 847. The van der Waals surface area contributed by atoms with E-state index in [2.05, 4.69) is 21.2 Å². The highest BCUT2D eigenvalue weighted by molar-refractivity contribution is 9.10. The third kappa shape index (κ3) is 2.53. The summed E-state index contributed by atoms with van der Waals surface area (Å²) in [5, 5.41) is 4.29. The van der Waals surface area contributed by atoms with E-state index in [0.29, 0.717) is 10.7 Å². The highest BCUT2D eigenvalue weighted by Gasteiger charge is 2.20. The molecule has 0 aliphatic heterocycles. The largest absolute Gasteiger partial charge is 0.338 e. The van der Waals surface area contributed by atoms with Crippen molar-refractivity contribution < 1.29 is 4.79 Å². The van der Waals surface area contributed by atoms with Crippen LogP contribution in [0.5, 0.6) is 0 Å². The first-order valence-electron chi connectivity index (χ1n) is 6.79. The molecule has 0 saturated carbocycles. The number of fused-ring (bicyclic) bond motifs is 1. The smallest absolute Gasteiger partial charge is 0.273 e. The Morgan fingerprint density at radius 3 is 2.64 bits per heavy atom. The first-order chi connectivity index (χ1) is 10.5. The Morgan fingerprint density at radius 1 is 1.23 bits per heavy atom. The number of benzene rings is 2. The van der Waals surface area contributed by atoms with Crippen molar-refractivity contribution in [1.29, 1.82) is 0 Å². The number of amides is 1. The first-order valence-corrected chi connectivity index (χ1v) is 7.96. The van der Waals surface area contributed by atoms with Crippen molar-refractivity contribution in [3.63, 3.8) is 0 Å². The molecule has 0 atom stereocenters. The number of carbonyl (C=O) groups is 1. The molecule has 0 radical (unpaired) electrons. The van der Waals surface area contributed by atoms with E-state index >= 15 is 0 Å². The van der Waals surface area contributed by atoms with Gasteiger partial charge in [-0.25, -0.2) is 0 Å².